The fourth-order valence-electron chi connectivity index (χ4n) is 7.06. The number of alkyl halides is 6. The van der Waals surface area contributed by atoms with Gasteiger partial charge in [-0.05, 0) is 112 Å². The van der Waals surface area contributed by atoms with Gasteiger partial charge in [-0.3, -0.25) is 19.3 Å². The predicted molar refractivity (Wildman–Crippen MR) is 219 cm³/mol. The standard InChI is InChI=1S/C20H25N3O.2C12H9F3N2O2.He/c1-4-23(5-2)20(24)14-9-16-15-7-6-8-17-19(15)13(11-21-17)10-18(16)22(3)12-14;1-7-10(6-16-19-7)11(18)17-9-4-2-8(3-5-9)12(13,14)15;1-7(18)10(6-16)11(19)17-9-4-2-8(3-5-9)12(13,14)15;/h6-9,11,14,18,21H,4-5,10,12H2,1-3H3;2-6H,1H3,(H,17,18);2-5,18H,1H3,(H,17,19);/b;;10-7-;/t14-,18-;;;/m1.../s1. The van der Waals surface area contributed by atoms with E-state index in [0.29, 0.717) is 11.8 Å². The first-order valence-electron chi connectivity index (χ1n) is 19.3. The number of fused-ring (bicyclic) bond motifs is 2. The van der Waals surface area contributed by atoms with Crippen LogP contribution in [0.5, 0.6) is 0 Å². The van der Waals surface area contributed by atoms with Crippen molar-refractivity contribution in [2.24, 2.45) is 5.92 Å². The van der Waals surface area contributed by atoms with Crippen LogP contribution in [0.1, 0.15) is 59.1 Å². The average Bonchev–Trinajstić information content (AvgIpc) is 3.85. The molecular formula is C44H43F6HeN7O5. The van der Waals surface area contributed by atoms with Crippen molar-refractivity contribution < 1.29 is 56.5 Å². The molecule has 0 saturated heterocycles. The molecule has 2 aromatic heterocycles. The monoisotopic (exact) mass is 867 g/mol. The summed E-state index contributed by atoms with van der Waals surface area (Å²) in [6.07, 6.45) is -2.20. The van der Waals surface area contributed by atoms with Crippen LogP contribution in [0, 0.1) is 30.3 Å². The second-order valence-corrected chi connectivity index (χ2v) is 14.4. The summed E-state index contributed by atoms with van der Waals surface area (Å²) in [6.45, 7) is 9.19. The average molecular weight is 868 g/mol. The number of nitrogens with one attached hydrogen (secondary N) is 3. The van der Waals surface area contributed by atoms with Gasteiger partial charge in [-0.25, -0.2) is 0 Å². The van der Waals surface area contributed by atoms with Crippen molar-refractivity contribution in [3.63, 3.8) is 0 Å². The fraction of sp³-hybridized carbons (Fsp3) is 0.295. The van der Waals surface area contributed by atoms with Gasteiger partial charge >= 0.3 is 12.4 Å². The molecule has 0 saturated carbocycles. The number of halogens is 6. The first kappa shape index (κ1) is 48.7. The Hall–Kier alpha value is -6.96. The topological polar surface area (TPSA) is 168 Å². The molecule has 3 heterocycles. The third kappa shape index (κ3) is 11.5. The van der Waals surface area contributed by atoms with Crippen molar-refractivity contribution in [3.8, 4) is 6.07 Å². The Morgan fingerprint density at radius 3 is 2.02 bits per heavy atom. The van der Waals surface area contributed by atoms with E-state index in [1.54, 1.807) is 6.92 Å². The Morgan fingerprint density at radius 2 is 1.52 bits per heavy atom. The van der Waals surface area contributed by atoms with Crippen LogP contribution >= 0.6 is 0 Å². The Balaban J connectivity index is 0.000000208. The molecule has 1 aliphatic carbocycles. The normalized spacial score (nSPS) is 15.9. The van der Waals surface area contributed by atoms with Gasteiger partial charge in [0.25, 0.3) is 11.8 Å². The summed E-state index contributed by atoms with van der Waals surface area (Å²) in [5.74, 6) is -1.29. The number of aromatic amines is 1. The van der Waals surface area contributed by atoms with Gasteiger partial charge in [0.05, 0.1) is 23.2 Å². The van der Waals surface area contributed by atoms with E-state index in [-0.39, 0.29) is 34.9 Å². The molecule has 2 aliphatic rings. The number of aliphatic hydroxyl groups is 1. The van der Waals surface area contributed by atoms with Gasteiger partial charge < -0.3 is 30.1 Å². The molecule has 4 N–H and O–H groups in total. The number of aromatic nitrogens is 2. The molecule has 1 aliphatic heterocycles. The summed E-state index contributed by atoms with van der Waals surface area (Å²) >= 11 is 0. The van der Waals surface area contributed by atoms with Crippen molar-refractivity contribution >= 4 is 45.6 Å². The van der Waals surface area contributed by atoms with Crippen LogP contribution in [0.4, 0.5) is 37.7 Å². The number of nitrogens with zero attached hydrogens (tertiary/aromatic N) is 4. The summed E-state index contributed by atoms with van der Waals surface area (Å²) in [6, 6.07) is 16.2. The van der Waals surface area contributed by atoms with Crippen LogP contribution in [-0.2, 0) is 28.4 Å². The smallest absolute Gasteiger partial charge is 0.416 e. The number of aryl methyl sites for hydroxylation is 1. The SMILES string of the molecule is C/C(O)=C(\C#N)C(=O)Nc1ccc(C(F)(F)F)cc1.CCN(CC)C(=O)[C@@H]1C=C2c3cccc4[nH]cc(c34)C[C@H]2N(C)C1.Cc1oncc1C(=O)Nc1ccc(C(F)(F)F)cc1.[He]. The molecule has 7 rings (SSSR count). The molecule has 328 valence electrons. The van der Waals surface area contributed by atoms with Gasteiger partial charge in [0.2, 0.25) is 5.91 Å². The van der Waals surface area contributed by atoms with Crippen LogP contribution in [-0.4, -0.2) is 75.5 Å². The minimum Gasteiger partial charge on any atom is -0.511 e. The van der Waals surface area contributed by atoms with E-state index in [9.17, 15) is 40.7 Å². The fourth-order valence-corrected chi connectivity index (χ4v) is 7.06. The van der Waals surface area contributed by atoms with Crippen LogP contribution in [0.25, 0.3) is 16.5 Å². The second-order valence-electron chi connectivity index (χ2n) is 14.4. The number of carbonyl (C=O) groups is 3. The number of hydrogen-bond acceptors (Lipinski definition) is 8. The van der Waals surface area contributed by atoms with Crippen molar-refractivity contribution in [2.45, 2.75) is 52.5 Å². The Morgan fingerprint density at radius 1 is 0.952 bits per heavy atom. The Labute approximate surface area is 358 Å². The number of anilines is 2. The van der Waals surface area contributed by atoms with E-state index < -0.39 is 46.6 Å². The zero-order chi connectivity index (χ0) is 45.5. The number of rotatable bonds is 7. The summed E-state index contributed by atoms with van der Waals surface area (Å²) in [7, 11) is 2.15. The minimum absolute atomic E-state index is 0. The minimum atomic E-state index is -4.46. The third-order valence-corrected chi connectivity index (χ3v) is 10.3. The van der Waals surface area contributed by atoms with Gasteiger partial charge in [-0.1, -0.05) is 23.4 Å². The molecular weight excluding hydrogens is 825 g/mol. The molecule has 63 heavy (non-hydrogen) atoms. The maximum Gasteiger partial charge on any atom is 0.416 e. The number of allylic oxidation sites excluding steroid dienone is 1. The van der Waals surface area contributed by atoms with E-state index >= 15 is 0 Å². The molecule has 0 spiro atoms. The maximum atomic E-state index is 12.9. The molecule has 0 fully saturated rings. The predicted octanol–water partition coefficient (Wildman–Crippen LogP) is 9.16. The Bertz CT molecular complexity index is 2520. The van der Waals surface area contributed by atoms with Gasteiger partial charge in [0, 0.05) is 60.3 Å². The second kappa shape index (κ2) is 20.3. The van der Waals surface area contributed by atoms with Crippen LogP contribution < -0.4 is 10.6 Å². The van der Waals surface area contributed by atoms with Crippen molar-refractivity contribution in [1.82, 2.24) is 19.9 Å². The van der Waals surface area contributed by atoms with E-state index in [0.717, 1.165) is 69.4 Å². The first-order valence-corrected chi connectivity index (χ1v) is 19.3. The molecule has 5 aromatic rings. The van der Waals surface area contributed by atoms with Gasteiger partial charge in [-0.15, -0.1) is 0 Å². The van der Waals surface area contributed by atoms with E-state index in [4.69, 9.17) is 14.9 Å². The zero-order valence-electron chi connectivity index (χ0n) is 34.9. The molecule has 3 amide bonds. The maximum absolute atomic E-state index is 12.9. The van der Waals surface area contributed by atoms with Crippen LogP contribution in [0.2, 0.25) is 0 Å². The third-order valence-electron chi connectivity index (χ3n) is 10.3. The first-order chi connectivity index (χ1) is 29.3. The molecule has 3 aromatic carbocycles. The van der Waals surface area contributed by atoms with Crippen LogP contribution in [0.15, 0.2) is 101 Å². The van der Waals surface area contributed by atoms with Crippen molar-refractivity contribution in [1.29, 1.82) is 5.26 Å². The number of carbonyl (C=O) groups excluding carboxylic acids is 3. The van der Waals surface area contributed by atoms with E-state index in [1.807, 2.05) is 4.90 Å². The molecule has 0 bridgehead atoms. The largest absolute Gasteiger partial charge is 0.511 e. The van der Waals surface area contributed by atoms with Crippen molar-refractivity contribution in [2.75, 3.05) is 37.3 Å². The number of benzene rings is 3. The number of H-pyrrole nitrogens is 1. The number of nitriles is 1. The van der Waals surface area contributed by atoms with Gasteiger partial charge in [-0.2, -0.15) is 31.6 Å². The molecule has 0 radical (unpaired) electrons. The zero-order valence-corrected chi connectivity index (χ0v) is 34.9. The van der Waals surface area contributed by atoms with E-state index in [2.05, 4.69) is 77.0 Å². The summed E-state index contributed by atoms with van der Waals surface area (Å²) < 4.78 is 78.7. The molecule has 0 unspecified atom stereocenters. The summed E-state index contributed by atoms with van der Waals surface area (Å²) in [5, 5.41) is 27.1. The van der Waals surface area contributed by atoms with Gasteiger partial charge in [0.15, 0.2) is 5.57 Å². The molecule has 12 nitrogen and oxygen atoms in total. The van der Waals surface area contributed by atoms with Crippen molar-refractivity contribution in [3.05, 3.63) is 130 Å². The number of hydrogen-bond donors (Lipinski definition) is 4. The quantitative estimate of drug-likeness (QED) is 0.0544. The number of amides is 3. The number of aliphatic hydroxyl groups excluding tert-OH is 1. The molecule has 19 heteroatoms. The Kier molecular flexibility index (Phi) is 15.7. The van der Waals surface area contributed by atoms with E-state index in [1.165, 1.54) is 52.0 Å². The van der Waals surface area contributed by atoms with Gasteiger partial charge in [0.1, 0.15) is 23.2 Å². The van der Waals surface area contributed by atoms with Crippen LogP contribution in [0.3, 0.4) is 0 Å². The summed E-state index contributed by atoms with van der Waals surface area (Å²) in [4.78, 5) is 43.8. The molecule has 2 atom stereocenters. The summed E-state index contributed by atoms with van der Waals surface area (Å²) in [5.41, 5.74) is 3.68. The number of likely N-dealkylation sites (N-methyl/N-ethyl adjacent to an activating group) is 1.